The fourth-order valence-electron chi connectivity index (χ4n) is 1.38. The Morgan fingerprint density at radius 1 is 1.69 bits per heavy atom. The van der Waals surface area contributed by atoms with Gasteiger partial charge in [0, 0.05) is 12.3 Å². The highest BCUT2D eigenvalue weighted by Crippen LogP contribution is 2.49. The van der Waals surface area contributed by atoms with E-state index in [4.69, 9.17) is 0 Å². The Hall–Kier alpha value is -1.00. The lowest BCUT2D eigenvalue weighted by Crippen LogP contribution is -2.09. The summed E-state index contributed by atoms with van der Waals surface area (Å²) in [7, 11) is 0. The summed E-state index contributed by atoms with van der Waals surface area (Å²) < 4.78 is 26.7. The van der Waals surface area contributed by atoms with Gasteiger partial charge in [0.25, 0.3) is 5.92 Å². The molecule has 0 aromatic carbocycles. The maximum atomic E-state index is 12.6. The first kappa shape index (κ1) is 8.59. The zero-order chi connectivity index (χ0) is 9.47. The van der Waals surface area contributed by atoms with Crippen LogP contribution in [-0.4, -0.2) is 20.9 Å². The van der Waals surface area contributed by atoms with Gasteiger partial charge in [-0.25, -0.2) is 13.5 Å². The second-order valence-corrected chi connectivity index (χ2v) is 3.42. The molecule has 5 heteroatoms. The lowest BCUT2D eigenvalue weighted by atomic mass is 10.3. The van der Waals surface area contributed by atoms with Crippen LogP contribution in [0.15, 0.2) is 6.20 Å². The summed E-state index contributed by atoms with van der Waals surface area (Å²) in [5.74, 6) is -2.99. The van der Waals surface area contributed by atoms with E-state index in [2.05, 4.69) is 10.3 Å². The zero-order valence-corrected chi connectivity index (χ0v) is 7.37. The molecule has 1 aliphatic rings. The Balaban J connectivity index is 2.03. The van der Waals surface area contributed by atoms with Crippen LogP contribution in [0.5, 0.6) is 0 Å². The number of nitrogens with zero attached hydrogens (tertiary/aromatic N) is 3. The van der Waals surface area contributed by atoms with Crippen molar-refractivity contribution in [1.82, 2.24) is 15.0 Å². The van der Waals surface area contributed by atoms with E-state index < -0.39 is 11.8 Å². The number of halogens is 2. The van der Waals surface area contributed by atoms with Crippen LogP contribution in [0.25, 0.3) is 0 Å². The van der Waals surface area contributed by atoms with E-state index in [1.807, 2.05) is 6.92 Å². The monoisotopic (exact) mass is 187 g/mol. The first-order chi connectivity index (χ1) is 6.13. The molecule has 1 heterocycles. The average Bonchev–Trinajstić information content (AvgIpc) is 2.50. The maximum absolute atomic E-state index is 12.6. The Morgan fingerprint density at radius 3 is 2.92 bits per heavy atom. The van der Waals surface area contributed by atoms with Crippen LogP contribution in [0.1, 0.15) is 19.0 Å². The molecular formula is C8H11F2N3. The zero-order valence-electron chi connectivity index (χ0n) is 7.37. The third kappa shape index (κ3) is 1.55. The quantitative estimate of drug-likeness (QED) is 0.717. The number of aromatic nitrogens is 3. The molecule has 0 spiro atoms. The molecule has 1 aromatic rings. The van der Waals surface area contributed by atoms with Crippen molar-refractivity contribution >= 4 is 0 Å². The van der Waals surface area contributed by atoms with Crippen molar-refractivity contribution < 1.29 is 8.78 Å². The second kappa shape index (κ2) is 2.75. The molecule has 1 saturated carbocycles. The van der Waals surface area contributed by atoms with E-state index in [1.165, 1.54) is 0 Å². The van der Waals surface area contributed by atoms with Crippen LogP contribution in [-0.2, 0) is 13.0 Å². The van der Waals surface area contributed by atoms with E-state index in [0.717, 1.165) is 12.1 Å². The van der Waals surface area contributed by atoms with Gasteiger partial charge in [0.1, 0.15) is 0 Å². The molecule has 0 saturated heterocycles. The molecular weight excluding hydrogens is 176 g/mol. The number of alkyl halides is 2. The Bertz CT molecular complexity index is 308. The molecule has 13 heavy (non-hydrogen) atoms. The standard InChI is InChI=1S/C8H11F2N3/c1-2-7-4-11-12-13(7)5-6-3-8(6,9)10/h4,6H,2-3,5H2,1H3. The molecule has 1 aliphatic carbocycles. The van der Waals surface area contributed by atoms with Crippen LogP contribution < -0.4 is 0 Å². The number of hydrogen-bond acceptors (Lipinski definition) is 2. The van der Waals surface area contributed by atoms with Crippen molar-refractivity contribution in [3.8, 4) is 0 Å². The summed E-state index contributed by atoms with van der Waals surface area (Å²) in [5, 5.41) is 7.46. The van der Waals surface area contributed by atoms with Gasteiger partial charge in [0.05, 0.1) is 18.4 Å². The lowest BCUT2D eigenvalue weighted by molar-refractivity contribution is 0.0939. The minimum Gasteiger partial charge on any atom is -0.249 e. The van der Waals surface area contributed by atoms with E-state index in [1.54, 1.807) is 10.9 Å². The van der Waals surface area contributed by atoms with Crippen LogP contribution in [0.3, 0.4) is 0 Å². The average molecular weight is 187 g/mol. The molecule has 0 amide bonds. The van der Waals surface area contributed by atoms with E-state index in [9.17, 15) is 8.78 Å². The summed E-state index contributed by atoms with van der Waals surface area (Å²) in [6.07, 6.45) is 2.40. The fourth-order valence-corrected chi connectivity index (χ4v) is 1.38. The summed E-state index contributed by atoms with van der Waals surface area (Å²) in [4.78, 5) is 0. The summed E-state index contributed by atoms with van der Waals surface area (Å²) in [6, 6.07) is 0. The Kier molecular flexibility index (Phi) is 1.82. The lowest BCUT2D eigenvalue weighted by Gasteiger charge is -2.02. The molecule has 72 valence electrons. The minimum absolute atomic E-state index is 0.00395. The van der Waals surface area contributed by atoms with Gasteiger partial charge in [-0.05, 0) is 6.42 Å². The van der Waals surface area contributed by atoms with Crippen LogP contribution in [0.4, 0.5) is 8.78 Å². The van der Waals surface area contributed by atoms with E-state index >= 15 is 0 Å². The van der Waals surface area contributed by atoms with Gasteiger partial charge in [-0.1, -0.05) is 12.1 Å². The first-order valence-electron chi connectivity index (χ1n) is 4.38. The third-order valence-electron chi connectivity index (χ3n) is 2.41. The van der Waals surface area contributed by atoms with Crippen LogP contribution in [0, 0.1) is 5.92 Å². The highest BCUT2D eigenvalue weighted by atomic mass is 19.3. The molecule has 1 fully saturated rings. The van der Waals surface area contributed by atoms with Crippen molar-refractivity contribution in [2.45, 2.75) is 32.2 Å². The first-order valence-corrected chi connectivity index (χ1v) is 4.38. The van der Waals surface area contributed by atoms with Crippen molar-refractivity contribution in [2.75, 3.05) is 0 Å². The van der Waals surface area contributed by atoms with Gasteiger partial charge in [0.15, 0.2) is 0 Å². The van der Waals surface area contributed by atoms with E-state index in [-0.39, 0.29) is 6.42 Å². The summed E-state index contributed by atoms with van der Waals surface area (Å²) in [5.41, 5.74) is 0.919. The smallest absolute Gasteiger partial charge is 0.249 e. The molecule has 2 rings (SSSR count). The number of aryl methyl sites for hydroxylation is 1. The van der Waals surface area contributed by atoms with Crippen molar-refractivity contribution in [3.63, 3.8) is 0 Å². The normalized spacial score (nSPS) is 24.7. The van der Waals surface area contributed by atoms with Crippen LogP contribution >= 0.6 is 0 Å². The predicted molar refractivity (Wildman–Crippen MR) is 42.5 cm³/mol. The Morgan fingerprint density at radius 2 is 2.38 bits per heavy atom. The molecule has 0 N–H and O–H groups in total. The molecule has 0 aliphatic heterocycles. The summed E-state index contributed by atoms with van der Waals surface area (Å²) in [6.45, 7) is 2.26. The molecule has 3 nitrogen and oxygen atoms in total. The largest absolute Gasteiger partial charge is 0.253 e. The van der Waals surface area contributed by atoms with Gasteiger partial charge in [-0.15, -0.1) is 5.10 Å². The molecule has 1 aromatic heterocycles. The van der Waals surface area contributed by atoms with Gasteiger partial charge < -0.3 is 0 Å². The third-order valence-corrected chi connectivity index (χ3v) is 2.41. The number of rotatable bonds is 3. The number of hydrogen-bond donors (Lipinski definition) is 0. The van der Waals surface area contributed by atoms with Crippen molar-refractivity contribution in [1.29, 1.82) is 0 Å². The van der Waals surface area contributed by atoms with Gasteiger partial charge >= 0.3 is 0 Å². The topological polar surface area (TPSA) is 30.7 Å². The molecule has 1 unspecified atom stereocenters. The van der Waals surface area contributed by atoms with Gasteiger partial charge in [0.2, 0.25) is 0 Å². The SMILES string of the molecule is CCc1cnnn1CC1CC1(F)F. The summed E-state index contributed by atoms with van der Waals surface area (Å²) >= 11 is 0. The van der Waals surface area contributed by atoms with Crippen molar-refractivity contribution in [2.24, 2.45) is 5.92 Å². The molecule has 0 bridgehead atoms. The molecule has 0 radical (unpaired) electrons. The maximum Gasteiger partial charge on any atom is 0.253 e. The highest BCUT2D eigenvalue weighted by Gasteiger charge is 2.56. The Labute approximate surface area is 74.7 Å². The van der Waals surface area contributed by atoms with Crippen LogP contribution in [0.2, 0.25) is 0 Å². The second-order valence-electron chi connectivity index (χ2n) is 3.42. The van der Waals surface area contributed by atoms with E-state index in [0.29, 0.717) is 6.54 Å². The molecule has 1 atom stereocenters. The van der Waals surface area contributed by atoms with Gasteiger partial charge in [-0.3, -0.25) is 0 Å². The predicted octanol–water partition coefficient (Wildman–Crippen LogP) is 1.50. The fraction of sp³-hybridized carbons (Fsp3) is 0.750. The highest BCUT2D eigenvalue weighted by molar-refractivity contribution is 4.99. The minimum atomic E-state index is -2.46. The van der Waals surface area contributed by atoms with Gasteiger partial charge in [-0.2, -0.15) is 0 Å². The van der Waals surface area contributed by atoms with Crippen molar-refractivity contribution in [3.05, 3.63) is 11.9 Å².